The average Bonchev–Trinajstić information content (AvgIpc) is 2.06. The molecule has 2 aliphatic rings. The van der Waals surface area contributed by atoms with Crippen LogP contribution >= 0.6 is 0 Å². The van der Waals surface area contributed by atoms with E-state index in [2.05, 4.69) is 19.1 Å². The smallest absolute Gasteiger partial charge is 0.156 e. The Morgan fingerprint density at radius 1 is 1.42 bits per heavy atom. The lowest BCUT2D eigenvalue weighted by Gasteiger charge is -2.35. The Kier molecular flexibility index (Phi) is 1.67. The van der Waals surface area contributed by atoms with Gasteiger partial charge in [-0.15, -0.1) is 0 Å². The summed E-state index contributed by atoms with van der Waals surface area (Å²) in [5, 5.41) is 0. The summed E-state index contributed by atoms with van der Waals surface area (Å²) >= 11 is 0. The average molecular weight is 162 g/mol. The van der Waals surface area contributed by atoms with Gasteiger partial charge in [0.25, 0.3) is 0 Å². The van der Waals surface area contributed by atoms with Gasteiger partial charge in [0.2, 0.25) is 0 Å². The second-order valence-corrected chi connectivity index (χ2v) is 4.07. The molecule has 0 aliphatic heterocycles. The van der Waals surface area contributed by atoms with Crippen LogP contribution in [0.15, 0.2) is 23.8 Å². The van der Waals surface area contributed by atoms with E-state index in [0.29, 0.717) is 11.2 Å². The lowest BCUT2D eigenvalue weighted by molar-refractivity contribution is -0.115. The minimum atomic E-state index is 0.300. The van der Waals surface area contributed by atoms with Crippen molar-refractivity contribution >= 4 is 5.78 Å². The number of hydrogen-bond donors (Lipinski definition) is 0. The molecule has 0 amide bonds. The Hall–Kier alpha value is -0.850. The maximum Gasteiger partial charge on any atom is 0.156 e. The van der Waals surface area contributed by atoms with Crippen LogP contribution in [0.4, 0.5) is 0 Å². The van der Waals surface area contributed by atoms with Crippen molar-refractivity contribution in [3.63, 3.8) is 0 Å². The first kappa shape index (κ1) is 7.78. The number of fused-ring (bicyclic) bond motifs is 1. The van der Waals surface area contributed by atoms with E-state index in [4.69, 9.17) is 0 Å². The summed E-state index contributed by atoms with van der Waals surface area (Å²) in [5.74, 6) is 0.300. The van der Waals surface area contributed by atoms with Gasteiger partial charge in [0, 0.05) is 6.42 Å². The Labute approximate surface area is 73.2 Å². The van der Waals surface area contributed by atoms with Crippen molar-refractivity contribution < 1.29 is 4.79 Å². The lowest BCUT2D eigenvalue weighted by atomic mass is 9.68. The van der Waals surface area contributed by atoms with E-state index in [9.17, 15) is 4.79 Å². The van der Waals surface area contributed by atoms with Crippen molar-refractivity contribution in [1.82, 2.24) is 0 Å². The molecule has 1 heteroatoms. The van der Waals surface area contributed by atoms with Gasteiger partial charge in [-0.05, 0) is 36.3 Å². The molecule has 0 N–H and O–H groups in total. The summed E-state index contributed by atoms with van der Waals surface area (Å²) < 4.78 is 0. The minimum absolute atomic E-state index is 0.300. The number of allylic oxidation sites excluding steroid dienone is 4. The summed E-state index contributed by atoms with van der Waals surface area (Å²) in [6, 6.07) is 0. The molecule has 1 nitrogen and oxygen atoms in total. The SMILES string of the molecule is CC12CCC=CC1=CC(=O)CC2. The van der Waals surface area contributed by atoms with Gasteiger partial charge in [-0.3, -0.25) is 4.79 Å². The molecule has 2 aliphatic carbocycles. The fourth-order valence-corrected chi connectivity index (χ4v) is 2.09. The van der Waals surface area contributed by atoms with Crippen LogP contribution in [0.3, 0.4) is 0 Å². The summed E-state index contributed by atoms with van der Waals surface area (Å²) in [7, 11) is 0. The largest absolute Gasteiger partial charge is 0.295 e. The van der Waals surface area contributed by atoms with Crippen molar-refractivity contribution in [2.75, 3.05) is 0 Å². The van der Waals surface area contributed by atoms with Gasteiger partial charge in [-0.2, -0.15) is 0 Å². The molecular weight excluding hydrogens is 148 g/mol. The fraction of sp³-hybridized carbons (Fsp3) is 0.545. The molecule has 0 radical (unpaired) electrons. The van der Waals surface area contributed by atoms with Crippen molar-refractivity contribution in [2.45, 2.75) is 32.6 Å². The number of carbonyl (C=O) groups is 1. The first-order chi connectivity index (χ1) is 5.71. The van der Waals surface area contributed by atoms with Gasteiger partial charge in [0.1, 0.15) is 0 Å². The standard InChI is InChI=1S/C11H14O/c1-11-6-3-2-4-9(11)8-10(12)5-7-11/h2,4,8H,3,5-7H2,1H3. The normalized spacial score (nSPS) is 34.4. The number of carbonyl (C=O) groups excluding carboxylic acids is 1. The second kappa shape index (κ2) is 2.58. The number of hydrogen-bond acceptors (Lipinski definition) is 1. The van der Waals surface area contributed by atoms with Crippen molar-refractivity contribution in [2.24, 2.45) is 5.41 Å². The summed E-state index contributed by atoms with van der Waals surface area (Å²) in [5.41, 5.74) is 1.56. The number of ketones is 1. The Bertz CT molecular complexity index is 273. The molecule has 0 aromatic carbocycles. The van der Waals surface area contributed by atoms with Gasteiger partial charge in [-0.1, -0.05) is 19.1 Å². The molecule has 0 bridgehead atoms. The molecular formula is C11H14O. The van der Waals surface area contributed by atoms with Crippen molar-refractivity contribution in [3.05, 3.63) is 23.8 Å². The highest BCUT2D eigenvalue weighted by molar-refractivity contribution is 5.92. The summed E-state index contributed by atoms with van der Waals surface area (Å²) in [4.78, 5) is 11.1. The predicted molar refractivity (Wildman–Crippen MR) is 48.8 cm³/mol. The molecule has 0 heterocycles. The molecule has 1 atom stereocenters. The monoisotopic (exact) mass is 162 g/mol. The zero-order valence-corrected chi connectivity index (χ0v) is 7.47. The van der Waals surface area contributed by atoms with Crippen molar-refractivity contribution in [3.8, 4) is 0 Å². The van der Waals surface area contributed by atoms with Crippen LogP contribution in [0.2, 0.25) is 0 Å². The third-order valence-electron chi connectivity index (χ3n) is 3.10. The Morgan fingerprint density at radius 3 is 3.08 bits per heavy atom. The van der Waals surface area contributed by atoms with Gasteiger partial charge >= 0.3 is 0 Å². The third-order valence-corrected chi connectivity index (χ3v) is 3.10. The maximum atomic E-state index is 11.1. The molecule has 0 fully saturated rings. The molecule has 0 saturated heterocycles. The zero-order valence-electron chi connectivity index (χ0n) is 7.47. The highest BCUT2D eigenvalue weighted by atomic mass is 16.1. The molecule has 0 aromatic heterocycles. The van der Waals surface area contributed by atoms with Crippen LogP contribution in [0.25, 0.3) is 0 Å². The molecule has 0 spiro atoms. The van der Waals surface area contributed by atoms with E-state index in [-0.39, 0.29) is 0 Å². The predicted octanol–water partition coefficient (Wildman–Crippen LogP) is 2.63. The molecule has 0 saturated carbocycles. The number of rotatable bonds is 0. The highest BCUT2D eigenvalue weighted by Gasteiger charge is 2.32. The Morgan fingerprint density at radius 2 is 2.25 bits per heavy atom. The second-order valence-electron chi connectivity index (χ2n) is 4.07. The van der Waals surface area contributed by atoms with E-state index in [1.54, 1.807) is 0 Å². The van der Waals surface area contributed by atoms with Gasteiger partial charge < -0.3 is 0 Å². The van der Waals surface area contributed by atoms with Crippen LogP contribution < -0.4 is 0 Å². The molecule has 0 aromatic rings. The molecule has 64 valence electrons. The van der Waals surface area contributed by atoms with Crippen LogP contribution in [0.1, 0.15) is 32.6 Å². The maximum absolute atomic E-state index is 11.1. The molecule has 1 unspecified atom stereocenters. The fourth-order valence-electron chi connectivity index (χ4n) is 2.09. The first-order valence-electron chi connectivity index (χ1n) is 4.62. The quantitative estimate of drug-likeness (QED) is 0.535. The first-order valence-corrected chi connectivity index (χ1v) is 4.62. The third kappa shape index (κ3) is 1.13. The van der Waals surface area contributed by atoms with E-state index >= 15 is 0 Å². The van der Waals surface area contributed by atoms with E-state index in [1.165, 1.54) is 18.4 Å². The lowest BCUT2D eigenvalue weighted by Crippen LogP contribution is -2.26. The minimum Gasteiger partial charge on any atom is -0.295 e. The van der Waals surface area contributed by atoms with Crippen LogP contribution in [-0.4, -0.2) is 5.78 Å². The van der Waals surface area contributed by atoms with Crippen LogP contribution in [0, 0.1) is 5.41 Å². The Balaban J connectivity index is 2.39. The highest BCUT2D eigenvalue weighted by Crippen LogP contribution is 2.43. The van der Waals surface area contributed by atoms with Crippen molar-refractivity contribution in [1.29, 1.82) is 0 Å². The van der Waals surface area contributed by atoms with Gasteiger partial charge in [0.15, 0.2) is 5.78 Å². The molecule has 12 heavy (non-hydrogen) atoms. The van der Waals surface area contributed by atoms with Crippen LogP contribution in [0.5, 0.6) is 0 Å². The van der Waals surface area contributed by atoms with E-state index in [1.807, 2.05) is 6.08 Å². The van der Waals surface area contributed by atoms with Crippen LogP contribution in [-0.2, 0) is 4.79 Å². The van der Waals surface area contributed by atoms with Gasteiger partial charge in [-0.25, -0.2) is 0 Å². The van der Waals surface area contributed by atoms with E-state index < -0.39 is 0 Å². The molecule has 2 rings (SSSR count). The van der Waals surface area contributed by atoms with Gasteiger partial charge in [0.05, 0.1) is 0 Å². The zero-order chi connectivity index (χ0) is 8.60. The summed E-state index contributed by atoms with van der Waals surface area (Å²) in [6.45, 7) is 2.27. The van der Waals surface area contributed by atoms with E-state index in [0.717, 1.165) is 12.8 Å². The summed E-state index contributed by atoms with van der Waals surface area (Å²) in [6.07, 6.45) is 10.3. The topological polar surface area (TPSA) is 17.1 Å².